The van der Waals surface area contributed by atoms with Gasteiger partial charge < -0.3 is 20.6 Å². The molecule has 0 spiro atoms. The quantitative estimate of drug-likeness (QED) is 0.478. The Morgan fingerprint density at radius 2 is 1.55 bits per heavy atom. The molecule has 4 N–H and O–H groups in total. The van der Waals surface area contributed by atoms with Gasteiger partial charge in [0.2, 0.25) is 0 Å². The van der Waals surface area contributed by atoms with Crippen LogP contribution in [0.4, 0.5) is 0 Å². The molecule has 5 nitrogen and oxygen atoms in total. The maximum atomic E-state index is 10.5. The molecule has 0 amide bonds. The molecule has 31 heavy (non-hydrogen) atoms. The Hall–Kier alpha value is -2.99. The lowest BCUT2D eigenvalue weighted by atomic mass is 9.99. The van der Waals surface area contributed by atoms with Gasteiger partial charge >= 0.3 is 5.97 Å². The number of carbonyl (C=O) groups is 1. The Kier molecular flexibility index (Phi) is 7.95. The Morgan fingerprint density at radius 3 is 2.23 bits per heavy atom. The molecule has 3 aromatic rings. The van der Waals surface area contributed by atoms with E-state index in [4.69, 9.17) is 5.11 Å². The van der Waals surface area contributed by atoms with Gasteiger partial charge in [0.1, 0.15) is 0 Å². The summed E-state index contributed by atoms with van der Waals surface area (Å²) in [6.07, 6.45) is 0.0652. The summed E-state index contributed by atoms with van der Waals surface area (Å²) in [6.45, 7) is 2.48. The van der Waals surface area contributed by atoms with Gasteiger partial charge in [-0.05, 0) is 47.6 Å². The van der Waals surface area contributed by atoms with Gasteiger partial charge in [0.15, 0.2) is 6.10 Å². The number of hydrogen-bond donors (Lipinski definition) is 4. The van der Waals surface area contributed by atoms with Crippen LogP contribution < -0.4 is 5.32 Å². The molecule has 0 radical (unpaired) electrons. The first-order chi connectivity index (χ1) is 15.0. The molecule has 0 aromatic heterocycles. The summed E-state index contributed by atoms with van der Waals surface area (Å²) in [5.41, 5.74) is 5.02. The van der Waals surface area contributed by atoms with Crippen molar-refractivity contribution in [3.8, 4) is 0 Å². The van der Waals surface area contributed by atoms with Crippen molar-refractivity contribution in [1.82, 2.24) is 5.32 Å². The Morgan fingerprint density at radius 1 is 0.935 bits per heavy atom. The number of aliphatic hydroxyl groups excluding tert-OH is 2. The Bertz CT molecular complexity index is 987. The first-order valence-electron chi connectivity index (χ1n) is 10.5. The summed E-state index contributed by atoms with van der Waals surface area (Å²) < 4.78 is 0. The molecule has 162 valence electrons. The number of carboxylic acids is 1. The van der Waals surface area contributed by atoms with Gasteiger partial charge in [-0.2, -0.15) is 0 Å². The van der Waals surface area contributed by atoms with E-state index < -0.39 is 18.2 Å². The number of benzene rings is 3. The van der Waals surface area contributed by atoms with Gasteiger partial charge in [-0.15, -0.1) is 0 Å². The number of fused-ring (bicyclic) bond motifs is 1. The molecule has 0 heterocycles. The maximum Gasteiger partial charge on any atom is 0.337 e. The number of carboxylic acid groups (broad SMARTS) is 1. The van der Waals surface area contributed by atoms with Crippen molar-refractivity contribution in [2.24, 2.45) is 0 Å². The highest BCUT2D eigenvalue weighted by molar-refractivity contribution is 5.74. The first kappa shape index (κ1) is 22.7. The SMILES string of the molecule is C[C@H](O)c1ccccc1C(O)C(=O)O.c1ccc(CNC2CCc3ccccc32)cc1. The zero-order valence-corrected chi connectivity index (χ0v) is 17.6. The fourth-order valence-corrected chi connectivity index (χ4v) is 3.88. The minimum Gasteiger partial charge on any atom is -0.479 e. The normalized spacial score (nSPS) is 16.5. The summed E-state index contributed by atoms with van der Waals surface area (Å²) in [4.78, 5) is 10.5. The third-order valence-corrected chi connectivity index (χ3v) is 5.50. The van der Waals surface area contributed by atoms with Crippen molar-refractivity contribution < 1.29 is 20.1 Å². The standard InChI is InChI=1S/C16H17N.C10H12O4/c1-2-6-13(7-3-1)12-17-16-11-10-14-8-4-5-9-15(14)16;1-6(11)7-4-2-3-5-8(7)9(12)10(13)14/h1-9,16-17H,10-12H2;2-6,9,11-12H,1H3,(H,13,14)/t;6-,9?/m.0/s1. The lowest BCUT2D eigenvalue weighted by Crippen LogP contribution is -2.18. The molecule has 0 saturated carbocycles. The fourth-order valence-electron chi connectivity index (χ4n) is 3.88. The van der Waals surface area contributed by atoms with Crippen LogP contribution in [0, 0.1) is 0 Å². The molecule has 2 unspecified atom stereocenters. The summed E-state index contributed by atoms with van der Waals surface area (Å²) >= 11 is 0. The molecule has 0 aliphatic heterocycles. The summed E-state index contributed by atoms with van der Waals surface area (Å²) in [6, 6.07) is 26.3. The summed E-state index contributed by atoms with van der Waals surface area (Å²) in [7, 11) is 0. The molecule has 5 heteroatoms. The third kappa shape index (κ3) is 6.01. The molecule has 0 fully saturated rings. The lowest BCUT2D eigenvalue weighted by molar-refractivity contribution is -0.147. The van der Waals surface area contributed by atoms with E-state index in [1.165, 1.54) is 42.5 Å². The molecule has 3 aromatic carbocycles. The molecule has 3 atom stereocenters. The molecular formula is C26H29NO4. The number of rotatable bonds is 6. The van der Waals surface area contributed by atoms with E-state index in [-0.39, 0.29) is 5.56 Å². The second-order valence-electron chi connectivity index (χ2n) is 7.70. The molecule has 4 rings (SSSR count). The number of aliphatic carboxylic acids is 1. The average Bonchev–Trinajstić information content (AvgIpc) is 3.21. The van der Waals surface area contributed by atoms with E-state index in [0.717, 1.165) is 6.54 Å². The molecule has 1 aliphatic rings. The van der Waals surface area contributed by atoms with Crippen LogP contribution in [0.2, 0.25) is 0 Å². The van der Waals surface area contributed by atoms with Crippen LogP contribution in [-0.2, 0) is 17.8 Å². The zero-order valence-electron chi connectivity index (χ0n) is 17.6. The fraction of sp³-hybridized carbons (Fsp3) is 0.269. The maximum absolute atomic E-state index is 10.5. The van der Waals surface area contributed by atoms with E-state index in [0.29, 0.717) is 11.6 Å². The van der Waals surface area contributed by atoms with Gasteiger partial charge in [0.05, 0.1) is 6.10 Å². The second kappa shape index (κ2) is 10.9. The number of aryl methyl sites for hydroxylation is 1. The van der Waals surface area contributed by atoms with E-state index in [9.17, 15) is 15.0 Å². The lowest BCUT2D eigenvalue weighted by Gasteiger charge is -2.13. The summed E-state index contributed by atoms with van der Waals surface area (Å²) in [5, 5.41) is 30.9. The van der Waals surface area contributed by atoms with E-state index in [1.54, 1.807) is 18.2 Å². The van der Waals surface area contributed by atoms with E-state index in [2.05, 4.69) is 59.9 Å². The van der Waals surface area contributed by atoms with Crippen molar-refractivity contribution >= 4 is 5.97 Å². The predicted octanol–water partition coefficient (Wildman–Crippen LogP) is 4.32. The molecular weight excluding hydrogens is 390 g/mol. The predicted molar refractivity (Wildman–Crippen MR) is 120 cm³/mol. The first-order valence-corrected chi connectivity index (χ1v) is 10.5. The monoisotopic (exact) mass is 419 g/mol. The zero-order chi connectivity index (χ0) is 22.2. The highest BCUT2D eigenvalue weighted by atomic mass is 16.4. The van der Waals surface area contributed by atoms with Gasteiger partial charge in [0.25, 0.3) is 0 Å². The van der Waals surface area contributed by atoms with Crippen molar-refractivity contribution in [3.63, 3.8) is 0 Å². The Balaban J connectivity index is 0.000000180. The van der Waals surface area contributed by atoms with Crippen LogP contribution in [0.5, 0.6) is 0 Å². The van der Waals surface area contributed by atoms with Crippen LogP contribution in [0.25, 0.3) is 0 Å². The average molecular weight is 420 g/mol. The summed E-state index contributed by atoms with van der Waals surface area (Å²) in [5.74, 6) is -1.32. The largest absolute Gasteiger partial charge is 0.479 e. The van der Waals surface area contributed by atoms with Gasteiger partial charge in [-0.25, -0.2) is 4.79 Å². The van der Waals surface area contributed by atoms with Crippen molar-refractivity contribution in [3.05, 3.63) is 107 Å². The van der Waals surface area contributed by atoms with Crippen molar-refractivity contribution in [1.29, 1.82) is 0 Å². The topological polar surface area (TPSA) is 89.8 Å². The van der Waals surface area contributed by atoms with Crippen LogP contribution >= 0.6 is 0 Å². The van der Waals surface area contributed by atoms with Gasteiger partial charge in [-0.3, -0.25) is 0 Å². The number of hydrogen-bond acceptors (Lipinski definition) is 4. The molecule has 1 aliphatic carbocycles. The van der Waals surface area contributed by atoms with Crippen molar-refractivity contribution in [2.75, 3.05) is 0 Å². The number of aliphatic hydroxyl groups is 2. The smallest absolute Gasteiger partial charge is 0.337 e. The minimum absolute atomic E-state index is 0.231. The number of nitrogens with one attached hydrogen (secondary N) is 1. The van der Waals surface area contributed by atoms with Crippen molar-refractivity contribution in [2.45, 2.75) is 44.6 Å². The van der Waals surface area contributed by atoms with Gasteiger partial charge in [0, 0.05) is 12.6 Å². The minimum atomic E-state index is -1.58. The molecule has 0 saturated heterocycles. The van der Waals surface area contributed by atoms with Crippen LogP contribution in [0.1, 0.15) is 59.4 Å². The van der Waals surface area contributed by atoms with Crippen LogP contribution in [0.3, 0.4) is 0 Å². The molecule has 0 bridgehead atoms. The van der Waals surface area contributed by atoms with E-state index in [1.807, 2.05) is 0 Å². The highest BCUT2D eigenvalue weighted by Gasteiger charge is 2.21. The van der Waals surface area contributed by atoms with Gasteiger partial charge in [-0.1, -0.05) is 78.9 Å². The third-order valence-electron chi connectivity index (χ3n) is 5.50. The second-order valence-corrected chi connectivity index (χ2v) is 7.70. The Labute approximate surface area is 183 Å². The van der Waals surface area contributed by atoms with Crippen LogP contribution in [0.15, 0.2) is 78.9 Å². The van der Waals surface area contributed by atoms with Crippen LogP contribution in [-0.4, -0.2) is 21.3 Å². The highest BCUT2D eigenvalue weighted by Crippen LogP contribution is 2.30. The van der Waals surface area contributed by atoms with E-state index >= 15 is 0 Å².